The van der Waals surface area contributed by atoms with Crippen LogP contribution >= 0.6 is 0 Å². The van der Waals surface area contributed by atoms with E-state index in [4.69, 9.17) is 19.9 Å². The summed E-state index contributed by atoms with van der Waals surface area (Å²) in [5.41, 5.74) is 12.0. The molecule has 0 radical (unpaired) electrons. The zero-order valence-electron chi connectivity index (χ0n) is 28.0. The quantitative estimate of drug-likeness (QED) is 0.177. The highest BCUT2D eigenvalue weighted by Gasteiger charge is 2.18. The lowest BCUT2D eigenvalue weighted by atomic mass is 10.0. The van der Waals surface area contributed by atoms with Crippen molar-refractivity contribution in [3.8, 4) is 56.8 Å². The molecule has 0 atom stereocenters. The largest absolute Gasteiger partial charge is 0.292 e. The summed E-state index contributed by atoms with van der Waals surface area (Å²) < 4.78 is 4.44. The second-order valence-corrected chi connectivity index (χ2v) is 12.8. The molecule has 244 valence electrons. The van der Waals surface area contributed by atoms with Crippen molar-refractivity contribution < 1.29 is 0 Å². The van der Waals surface area contributed by atoms with Crippen LogP contribution in [-0.2, 0) is 0 Å². The van der Waals surface area contributed by atoms with E-state index in [1.54, 1.807) is 0 Å². The number of benzene rings is 7. The molecule has 3 aromatic heterocycles. The monoisotopic (exact) mass is 666 g/mol. The van der Waals surface area contributed by atoms with Gasteiger partial charge in [-0.2, -0.15) is 0 Å². The van der Waals surface area contributed by atoms with Crippen molar-refractivity contribution in [2.75, 3.05) is 0 Å². The summed E-state index contributed by atoms with van der Waals surface area (Å²) in [7, 11) is 0. The molecule has 0 aliphatic heterocycles. The molecule has 0 aliphatic carbocycles. The molecule has 0 bridgehead atoms. The Morgan fingerprint density at radius 1 is 0.308 bits per heavy atom. The smallest absolute Gasteiger partial charge is 0.160 e. The molecule has 0 amide bonds. The average molecular weight is 667 g/mol. The van der Waals surface area contributed by atoms with Gasteiger partial charge in [0.1, 0.15) is 11.6 Å². The van der Waals surface area contributed by atoms with Crippen molar-refractivity contribution in [3.63, 3.8) is 0 Å². The van der Waals surface area contributed by atoms with E-state index >= 15 is 0 Å². The Morgan fingerprint density at radius 3 is 1.27 bits per heavy atom. The van der Waals surface area contributed by atoms with E-state index in [0.29, 0.717) is 5.82 Å². The number of hydrogen-bond donors (Lipinski definition) is 0. The second kappa shape index (κ2) is 12.3. The van der Waals surface area contributed by atoms with Crippen LogP contribution in [0.25, 0.3) is 89.8 Å². The fourth-order valence-electron chi connectivity index (χ4n) is 7.09. The van der Waals surface area contributed by atoms with Gasteiger partial charge in [-0.3, -0.25) is 9.13 Å². The third-order valence-corrected chi connectivity index (χ3v) is 9.57. The number of imidazole rings is 2. The minimum absolute atomic E-state index is 0.673. The number of fused-ring (bicyclic) bond motifs is 3. The zero-order chi connectivity index (χ0) is 34.4. The SMILES string of the molecule is c1ccc(-n2c(-c3ccc(-c4nc(-c5ccc(-c6nc7ccccc7n6-c6ccccc6)cc5)c5ccccc5n4)cc3)nc3ccccc32)cc1. The lowest BCUT2D eigenvalue weighted by Crippen LogP contribution is -1.98. The Kier molecular flexibility index (Phi) is 7.03. The highest BCUT2D eigenvalue weighted by molar-refractivity contribution is 5.94. The second-order valence-electron chi connectivity index (χ2n) is 12.8. The van der Waals surface area contributed by atoms with E-state index in [0.717, 1.165) is 83.9 Å². The third-order valence-electron chi connectivity index (χ3n) is 9.57. The van der Waals surface area contributed by atoms with Gasteiger partial charge in [0, 0.05) is 39.0 Å². The molecule has 0 saturated heterocycles. The van der Waals surface area contributed by atoms with E-state index in [1.807, 2.05) is 36.4 Å². The molecular weight excluding hydrogens is 637 g/mol. The van der Waals surface area contributed by atoms with Gasteiger partial charge in [-0.1, -0.05) is 127 Å². The number of hydrogen-bond acceptors (Lipinski definition) is 4. The molecule has 0 N–H and O–H groups in total. The topological polar surface area (TPSA) is 61.4 Å². The summed E-state index contributed by atoms with van der Waals surface area (Å²) in [5.74, 6) is 2.46. The van der Waals surface area contributed by atoms with Gasteiger partial charge in [0.15, 0.2) is 5.82 Å². The molecule has 52 heavy (non-hydrogen) atoms. The van der Waals surface area contributed by atoms with E-state index in [1.165, 1.54) is 0 Å². The molecule has 6 nitrogen and oxygen atoms in total. The Labute approximate surface area is 300 Å². The van der Waals surface area contributed by atoms with E-state index in [9.17, 15) is 0 Å². The van der Waals surface area contributed by atoms with Crippen molar-refractivity contribution in [1.29, 1.82) is 0 Å². The molecule has 0 aliphatic rings. The van der Waals surface area contributed by atoms with Gasteiger partial charge in [-0.25, -0.2) is 19.9 Å². The van der Waals surface area contributed by atoms with Crippen LogP contribution < -0.4 is 0 Å². The third kappa shape index (κ3) is 5.05. The van der Waals surface area contributed by atoms with Gasteiger partial charge >= 0.3 is 0 Å². The van der Waals surface area contributed by atoms with Gasteiger partial charge in [0.25, 0.3) is 0 Å². The average Bonchev–Trinajstić information content (AvgIpc) is 3.81. The van der Waals surface area contributed by atoms with Crippen LogP contribution in [-0.4, -0.2) is 29.1 Å². The number of nitrogens with zero attached hydrogens (tertiary/aromatic N) is 6. The summed E-state index contributed by atoms with van der Waals surface area (Å²) in [6.45, 7) is 0. The lowest BCUT2D eigenvalue weighted by Gasteiger charge is -2.12. The maximum absolute atomic E-state index is 5.19. The van der Waals surface area contributed by atoms with Gasteiger partial charge < -0.3 is 0 Å². The van der Waals surface area contributed by atoms with Crippen molar-refractivity contribution in [1.82, 2.24) is 29.1 Å². The number of aromatic nitrogens is 6. The maximum Gasteiger partial charge on any atom is 0.160 e. The maximum atomic E-state index is 5.19. The van der Waals surface area contributed by atoms with Crippen molar-refractivity contribution >= 4 is 33.0 Å². The molecule has 0 saturated carbocycles. The van der Waals surface area contributed by atoms with Crippen LogP contribution in [0, 0.1) is 0 Å². The van der Waals surface area contributed by atoms with E-state index in [2.05, 4.69) is 155 Å². The molecule has 10 rings (SSSR count). The van der Waals surface area contributed by atoms with Crippen LogP contribution in [0.3, 0.4) is 0 Å². The minimum atomic E-state index is 0.673. The van der Waals surface area contributed by atoms with Crippen LogP contribution in [0.1, 0.15) is 0 Å². The summed E-state index contributed by atoms with van der Waals surface area (Å²) in [5, 5.41) is 1.00. The standard InChI is InChI=1S/C46H30N6/c1-3-13-35(14-4-1)51-41-21-11-9-19-39(41)48-45(51)33-27-23-31(24-28-33)43-37-17-7-8-18-38(37)47-44(50-43)32-25-29-34(30-26-32)46-49-40-20-10-12-22-42(40)52(46)36-15-5-2-6-16-36/h1-30H. The Hall–Kier alpha value is -7.18. The molecule has 6 heteroatoms. The zero-order valence-corrected chi connectivity index (χ0v) is 28.0. The Morgan fingerprint density at radius 2 is 0.731 bits per heavy atom. The van der Waals surface area contributed by atoms with E-state index in [-0.39, 0.29) is 0 Å². The Bertz CT molecular complexity index is 2870. The van der Waals surface area contributed by atoms with Crippen molar-refractivity contribution in [2.24, 2.45) is 0 Å². The summed E-state index contributed by atoms with van der Waals surface area (Å²) in [4.78, 5) is 20.3. The van der Waals surface area contributed by atoms with Gasteiger partial charge in [-0.15, -0.1) is 0 Å². The van der Waals surface area contributed by atoms with Crippen LogP contribution in [0.5, 0.6) is 0 Å². The number of rotatable bonds is 6. The molecule has 3 heterocycles. The predicted octanol–water partition coefficient (Wildman–Crippen LogP) is 11.0. The molecule has 0 unspecified atom stereocenters. The lowest BCUT2D eigenvalue weighted by molar-refractivity contribution is 1.10. The van der Waals surface area contributed by atoms with Crippen LogP contribution in [0.4, 0.5) is 0 Å². The molecule has 10 aromatic rings. The summed E-state index contributed by atoms with van der Waals surface area (Å²) >= 11 is 0. The fraction of sp³-hybridized carbons (Fsp3) is 0. The van der Waals surface area contributed by atoms with E-state index < -0.39 is 0 Å². The summed E-state index contributed by atoms with van der Waals surface area (Å²) in [6, 6.07) is 62.5. The highest BCUT2D eigenvalue weighted by atomic mass is 15.1. The first-order chi connectivity index (χ1) is 25.8. The van der Waals surface area contributed by atoms with Crippen LogP contribution in [0.2, 0.25) is 0 Å². The Balaban J connectivity index is 1.04. The van der Waals surface area contributed by atoms with Crippen molar-refractivity contribution in [2.45, 2.75) is 0 Å². The molecule has 0 fully saturated rings. The highest BCUT2D eigenvalue weighted by Crippen LogP contribution is 2.34. The minimum Gasteiger partial charge on any atom is -0.292 e. The van der Waals surface area contributed by atoms with Gasteiger partial charge in [-0.05, 0) is 54.6 Å². The molecule has 7 aromatic carbocycles. The first kappa shape index (κ1) is 29.7. The summed E-state index contributed by atoms with van der Waals surface area (Å²) in [6.07, 6.45) is 0. The van der Waals surface area contributed by atoms with Crippen molar-refractivity contribution in [3.05, 3.63) is 182 Å². The first-order valence-corrected chi connectivity index (χ1v) is 17.3. The van der Waals surface area contributed by atoms with Gasteiger partial charge in [0.2, 0.25) is 0 Å². The predicted molar refractivity (Wildman–Crippen MR) is 211 cm³/mol. The normalized spacial score (nSPS) is 11.5. The molecular formula is C46H30N6. The fourth-order valence-corrected chi connectivity index (χ4v) is 7.09. The first-order valence-electron chi connectivity index (χ1n) is 17.3. The van der Waals surface area contributed by atoms with Crippen LogP contribution in [0.15, 0.2) is 182 Å². The van der Waals surface area contributed by atoms with Gasteiger partial charge in [0.05, 0.1) is 33.3 Å². The molecule has 0 spiro atoms. The number of para-hydroxylation sites is 7.